The molecule has 0 aliphatic carbocycles. The molecule has 0 fully saturated rings. The number of nitrogens with one attached hydrogen (secondary N) is 2. The number of benzene rings is 2. The van der Waals surface area contributed by atoms with Crippen LogP contribution >= 0.6 is 22.9 Å². The summed E-state index contributed by atoms with van der Waals surface area (Å²) in [7, 11) is 0. The number of nitrogens with zero attached hydrogens (tertiary/aromatic N) is 1. The number of hydrogen-bond acceptors (Lipinski definition) is 6. The van der Waals surface area contributed by atoms with Crippen LogP contribution in [0.4, 0.5) is 10.7 Å². The van der Waals surface area contributed by atoms with Crippen LogP contribution in [0, 0.1) is 6.92 Å². The molecule has 0 radical (unpaired) electrons. The molecule has 0 saturated carbocycles. The maximum Gasteiger partial charge on any atom is 0.341 e. The summed E-state index contributed by atoms with van der Waals surface area (Å²) in [6.45, 7) is 7.29. The van der Waals surface area contributed by atoms with Crippen molar-refractivity contribution in [2.45, 2.75) is 33.3 Å². The van der Waals surface area contributed by atoms with Gasteiger partial charge in [0.2, 0.25) is 0 Å². The predicted molar refractivity (Wildman–Crippen MR) is 130 cm³/mol. The number of aromatic nitrogens is 2. The van der Waals surface area contributed by atoms with Gasteiger partial charge in [0.1, 0.15) is 10.6 Å². The fraction of sp³-hybridized carbons (Fsp3) is 0.208. The zero-order chi connectivity index (χ0) is 23.0. The average molecular weight is 468 g/mol. The van der Waals surface area contributed by atoms with Crippen molar-refractivity contribution in [2.24, 2.45) is 0 Å². The van der Waals surface area contributed by atoms with Crippen LogP contribution in [-0.2, 0) is 4.74 Å². The number of H-pyrrole nitrogens is 1. The van der Waals surface area contributed by atoms with E-state index in [1.807, 2.05) is 45.9 Å². The number of rotatable bonds is 4. The van der Waals surface area contributed by atoms with E-state index in [0.717, 1.165) is 5.69 Å². The minimum atomic E-state index is -0.654. The van der Waals surface area contributed by atoms with Crippen LogP contribution in [0.25, 0.3) is 21.6 Å². The molecule has 8 heteroatoms. The highest BCUT2D eigenvalue weighted by Gasteiger charge is 2.27. The van der Waals surface area contributed by atoms with Gasteiger partial charge in [-0.15, -0.1) is 11.3 Å². The summed E-state index contributed by atoms with van der Waals surface area (Å²) in [5, 5.41) is 5.02. The van der Waals surface area contributed by atoms with Crippen LogP contribution in [0.1, 0.15) is 36.7 Å². The molecule has 0 aliphatic heterocycles. The largest absolute Gasteiger partial charge is 0.456 e. The monoisotopic (exact) mass is 467 g/mol. The van der Waals surface area contributed by atoms with Gasteiger partial charge in [0.25, 0.3) is 5.56 Å². The number of hydrogen-bond donors (Lipinski definition) is 2. The fourth-order valence-corrected chi connectivity index (χ4v) is 4.55. The molecule has 0 aliphatic rings. The number of para-hydroxylation sites is 1. The van der Waals surface area contributed by atoms with E-state index >= 15 is 0 Å². The highest BCUT2D eigenvalue weighted by Crippen LogP contribution is 2.41. The Kier molecular flexibility index (Phi) is 5.79. The summed E-state index contributed by atoms with van der Waals surface area (Å²) in [5.41, 5.74) is 1.56. The van der Waals surface area contributed by atoms with Gasteiger partial charge in [-0.3, -0.25) is 4.79 Å². The summed E-state index contributed by atoms with van der Waals surface area (Å²) in [6.07, 6.45) is 0. The van der Waals surface area contributed by atoms with Crippen LogP contribution in [0.5, 0.6) is 0 Å². The van der Waals surface area contributed by atoms with Crippen molar-refractivity contribution < 1.29 is 9.53 Å². The minimum Gasteiger partial charge on any atom is -0.456 e. The Bertz CT molecular complexity index is 1370. The smallest absolute Gasteiger partial charge is 0.341 e. The number of esters is 1. The molecule has 0 saturated heterocycles. The molecule has 2 heterocycles. The van der Waals surface area contributed by atoms with Crippen molar-refractivity contribution >= 4 is 50.5 Å². The third-order valence-electron chi connectivity index (χ3n) is 4.68. The fourth-order valence-electron chi connectivity index (χ4n) is 3.26. The first-order chi connectivity index (χ1) is 15.1. The van der Waals surface area contributed by atoms with Gasteiger partial charge in [-0.1, -0.05) is 23.7 Å². The van der Waals surface area contributed by atoms with E-state index in [1.54, 1.807) is 30.3 Å². The molecule has 6 nitrogen and oxygen atoms in total. The third kappa shape index (κ3) is 4.54. The standard InChI is InChI=1S/C24H22ClN3O3S/c1-13-18(23(30)31-24(2,3)4)22(26-15-11-9-14(25)10-12-15)32-19(13)20-27-17-8-6-5-7-16(17)21(29)28-20/h5-12,26H,1-4H3,(H,27,28,29). The number of carbonyl (C=O) groups is 1. The SMILES string of the molecule is Cc1c(-c2nc3ccccc3c(=O)[nH]2)sc(Nc2ccc(Cl)cc2)c1C(=O)OC(C)(C)C. The average Bonchev–Trinajstić information content (AvgIpc) is 3.04. The first-order valence-corrected chi connectivity index (χ1v) is 11.2. The van der Waals surface area contributed by atoms with Gasteiger partial charge >= 0.3 is 5.97 Å². The Morgan fingerprint density at radius 2 is 1.81 bits per heavy atom. The second kappa shape index (κ2) is 8.41. The number of aromatic amines is 1. The van der Waals surface area contributed by atoms with Crippen molar-refractivity contribution in [1.82, 2.24) is 9.97 Å². The zero-order valence-corrected chi connectivity index (χ0v) is 19.6. The van der Waals surface area contributed by atoms with Crippen molar-refractivity contribution in [3.63, 3.8) is 0 Å². The summed E-state index contributed by atoms with van der Waals surface area (Å²) in [5.74, 6) is -0.0396. The van der Waals surface area contributed by atoms with Crippen molar-refractivity contribution in [3.05, 3.63) is 75.0 Å². The van der Waals surface area contributed by atoms with E-state index in [2.05, 4.69) is 15.3 Å². The lowest BCUT2D eigenvalue weighted by molar-refractivity contribution is 0.00705. The predicted octanol–water partition coefficient (Wildman–Crippen LogP) is 6.31. The summed E-state index contributed by atoms with van der Waals surface area (Å²) < 4.78 is 5.66. The normalized spacial score (nSPS) is 11.5. The highest BCUT2D eigenvalue weighted by atomic mass is 35.5. The molecule has 0 spiro atoms. The number of ether oxygens (including phenoxy) is 1. The zero-order valence-electron chi connectivity index (χ0n) is 18.1. The van der Waals surface area contributed by atoms with E-state index < -0.39 is 11.6 Å². The molecule has 0 amide bonds. The third-order valence-corrected chi connectivity index (χ3v) is 6.15. The number of anilines is 2. The van der Waals surface area contributed by atoms with E-state index in [-0.39, 0.29) is 5.56 Å². The Labute approximate surface area is 194 Å². The second-order valence-corrected chi connectivity index (χ2v) is 9.78. The summed E-state index contributed by atoms with van der Waals surface area (Å²) in [6, 6.07) is 14.3. The molecule has 0 atom stereocenters. The van der Waals surface area contributed by atoms with Gasteiger partial charge in [0.15, 0.2) is 5.82 Å². The number of fused-ring (bicyclic) bond motifs is 1. The van der Waals surface area contributed by atoms with E-state index in [0.29, 0.717) is 42.8 Å². The second-order valence-electron chi connectivity index (χ2n) is 8.33. The Morgan fingerprint density at radius 3 is 2.50 bits per heavy atom. The van der Waals surface area contributed by atoms with Gasteiger partial charge < -0.3 is 15.0 Å². The molecule has 4 aromatic rings. The van der Waals surface area contributed by atoms with Crippen molar-refractivity contribution in [1.29, 1.82) is 0 Å². The van der Waals surface area contributed by atoms with Gasteiger partial charge in [-0.25, -0.2) is 9.78 Å². The summed E-state index contributed by atoms with van der Waals surface area (Å²) in [4.78, 5) is 33.9. The van der Waals surface area contributed by atoms with Gasteiger partial charge in [-0.05, 0) is 69.7 Å². The lowest BCUT2D eigenvalue weighted by atomic mass is 10.1. The Balaban J connectivity index is 1.86. The van der Waals surface area contributed by atoms with Crippen molar-refractivity contribution in [2.75, 3.05) is 5.32 Å². The molecule has 164 valence electrons. The topological polar surface area (TPSA) is 84.1 Å². The van der Waals surface area contributed by atoms with Crippen LogP contribution in [0.3, 0.4) is 0 Å². The maximum absolute atomic E-state index is 13.1. The molecule has 2 aromatic heterocycles. The number of halogens is 1. The molecule has 0 unspecified atom stereocenters. The molecule has 2 N–H and O–H groups in total. The summed E-state index contributed by atoms with van der Waals surface area (Å²) >= 11 is 7.33. The van der Waals surface area contributed by atoms with Crippen LogP contribution < -0.4 is 10.9 Å². The van der Waals surface area contributed by atoms with E-state index in [4.69, 9.17) is 16.3 Å². The quantitative estimate of drug-likeness (QED) is 0.343. The van der Waals surface area contributed by atoms with Gasteiger partial charge in [0, 0.05) is 10.7 Å². The van der Waals surface area contributed by atoms with E-state index in [1.165, 1.54) is 11.3 Å². The van der Waals surface area contributed by atoms with Gasteiger partial charge in [-0.2, -0.15) is 0 Å². The van der Waals surface area contributed by atoms with Crippen LogP contribution in [0.2, 0.25) is 5.02 Å². The first kappa shape index (κ1) is 22.0. The van der Waals surface area contributed by atoms with Crippen LogP contribution in [0.15, 0.2) is 53.3 Å². The Morgan fingerprint density at radius 1 is 1.12 bits per heavy atom. The first-order valence-electron chi connectivity index (χ1n) is 10.0. The number of carbonyl (C=O) groups excluding carboxylic acids is 1. The molecule has 4 rings (SSSR count). The van der Waals surface area contributed by atoms with E-state index in [9.17, 15) is 9.59 Å². The Hall–Kier alpha value is -3.16. The molecule has 2 aromatic carbocycles. The molecular formula is C24H22ClN3O3S. The molecule has 32 heavy (non-hydrogen) atoms. The molecular weight excluding hydrogens is 446 g/mol. The van der Waals surface area contributed by atoms with Gasteiger partial charge in [0.05, 0.1) is 21.3 Å². The molecule has 0 bridgehead atoms. The van der Waals surface area contributed by atoms with Crippen molar-refractivity contribution in [3.8, 4) is 10.7 Å². The highest BCUT2D eigenvalue weighted by molar-refractivity contribution is 7.20. The maximum atomic E-state index is 13.1. The minimum absolute atomic E-state index is 0.232. The van der Waals surface area contributed by atoms with Crippen LogP contribution in [-0.4, -0.2) is 21.5 Å². The number of thiophene rings is 1. The lowest BCUT2D eigenvalue weighted by Crippen LogP contribution is -2.24. The lowest BCUT2D eigenvalue weighted by Gasteiger charge is -2.20.